The molecule has 0 saturated heterocycles. The number of hydrogen-bond donors (Lipinski definition) is 0. The molecule has 0 aromatic carbocycles. The summed E-state index contributed by atoms with van der Waals surface area (Å²) in [7, 11) is -4.22. The van der Waals surface area contributed by atoms with Crippen molar-refractivity contribution >= 4 is 16.0 Å². The van der Waals surface area contributed by atoms with Crippen molar-refractivity contribution < 1.29 is 26.3 Å². The van der Waals surface area contributed by atoms with Gasteiger partial charge in [0.2, 0.25) is 15.8 Å². The number of alkyl halides is 1. The third-order valence-electron chi connectivity index (χ3n) is 1.93. The van der Waals surface area contributed by atoms with Crippen LogP contribution < -0.4 is 0 Å². The second-order valence-electron chi connectivity index (χ2n) is 2.98. The van der Waals surface area contributed by atoms with E-state index in [0.29, 0.717) is 0 Å². The maximum atomic E-state index is 13.6. The molecule has 1 heterocycles. The van der Waals surface area contributed by atoms with E-state index in [4.69, 9.17) is 0 Å². The van der Waals surface area contributed by atoms with Crippen molar-refractivity contribution in [2.24, 2.45) is 4.99 Å². The molecule has 1 aliphatic rings. The summed E-state index contributed by atoms with van der Waals surface area (Å²) in [4.78, 5) is 2.74. The third kappa shape index (κ3) is 2.54. The van der Waals surface area contributed by atoms with Gasteiger partial charge in [-0.25, -0.2) is 8.42 Å². The van der Waals surface area contributed by atoms with Crippen LogP contribution in [0.5, 0.6) is 0 Å². The molecule has 0 bridgehead atoms. The molecule has 1 unspecified atom stereocenters. The van der Waals surface area contributed by atoms with Gasteiger partial charge in [-0.1, -0.05) is 0 Å². The first-order valence-electron chi connectivity index (χ1n) is 4.77. The van der Waals surface area contributed by atoms with Gasteiger partial charge in [-0.15, -0.1) is 0 Å². The molecular weight excluding hydrogens is 261 g/mol. The second kappa shape index (κ2) is 4.94. The molecule has 5 nitrogen and oxygen atoms in total. The zero-order valence-corrected chi connectivity index (χ0v) is 9.97. The summed E-state index contributed by atoms with van der Waals surface area (Å²) in [6.45, 7) is 2.53. The minimum absolute atomic E-state index is 0.108. The maximum Gasteiger partial charge on any atom is 0.284 e. The summed E-state index contributed by atoms with van der Waals surface area (Å²) in [5, 5.41) is 0. The Kier molecular flexibility index (Phi) is 4.02. The van der Waals surface area contributed by atoms with E-state index in [1.807, 2.05) is 0 Å². The molecule has 0 fully saturated rings. The highest BCUT2D eigenvalue weighted by Gasteiger charge is 2.39. The van der Waals surface area contributed by atoms with Crippen molar-refractivity contribution in [3.8, 4) is 0 Å². The summed E-state index contributed by atoms with van der Waals surface area (Å²) in [6, 6.07) is 0. The number of allylic oxidation sites excluding steroid dienone is 1. The molecule has 1 aliphatic heterocycles. The van der Waals surface area contributed by atoms with E-state index in [2.05, 4.69) is 9.73 Å². The fourth-order valence-electron chi connectivity index (χ4n) is 1.14. The van der Waals surface area contributed by atoms with Crippen LogP contribution in [0.25, 0.3) is 0 Å². The predicted octanol–water partition coefficient (Wildman–Crippen LogP) is 1.45. The lowest BCUT2D eigenvalue weighted by molar-refractivity contribution is 0.140. The molecule has 0 aromatic heterocycles. The van der Waals surface area contributed by atoms with E-state index in [0.717, 1.165) is 0 Å². The molecular formula is C8H11F3N2O3S. The minimum atomic E-state index is -4.22. The van der Waals surface area contributed by atoms with E-state index in [1.54, 1.807) is 0 Å². The summed E-state index contributed by atoms with van der Waals surface area (Å²) < 4.78 is 67.0. The molecule has 98 valence electrons. The van der Waals surface area contributed by atoms with Crippen LogP contribution >= 0.6 is 0 Å². The largest absolute Gasteiger partial charge is 0.486 e. The number of aliphatic imine (C=N–C) groups is 1. The number of nitrogens with zero attached hydrogens (tertiary/aromatic N) is 2. The molecule has 1 atom stereocenters. The first-order valence-corrected chi connectivity index (χ1v) is 6.38. The highest BCUT2D eigenvalue weighted by molar-refractivity contribution is 7.89. The predicted molar refractivity (Wildman–Crippen MR) is 54.5 cm³/mol. The lowest BCUT2D eigenvalue weighted by Crippen LogP contribution is -2.40. The summed E-state index contributed by atoms with van der Waals surface area (Å²) in [5.74, 6) is -4.68. The van der Waals surface area contributed by atoms with Crippen LogP contribution in [-0.4, -0.2) is 37.5 Å². The lowest BCUT2D eigenvalue weighted by Gasteiger charge is -2.26. The third-order valence-corrected chi connectivity index (χ3v) is 3.60. The molecule has 1 rings (SSSR count). The van der Waals surface area contributed by atoms with Crippen LogP contribution in [0.2, 0.25) is 0 Å². The van der Waals surface area contributed by atoms with Gasteiger partial charge in [-0.3, -0.25) is 0 Å². The topological polar surface area (TPSA) is 59.0 Å². The summed E-state index contributed by atoms with van der Waals surface area (Å²) in [6.07, 6.45) is -2.65. The van der Waals surface area contributed by atoms with Gasteiger partial charge in [0.1, 0.15) is 0 Å². The van der Waals surface area contributed by atoms with Gasteiger partial charge in [0.25, 0.3) is 18.3 Å². The Labute approximate surface area is 96.6 Å². The van der Waals surface area contributed by atoms with E-state index >= 15 is 0 Å². The normalized spacial score (nSPS) is 21.6. The average molecular weight is 272 g/mol. The van der Waals surface area contributed by atoms with Gasteiger partial charge in [0.05, 0.1) is 12.4 Å². The number of ether oxygens (including phenoxy) is 1. The van der Waals surface area contributed by atoms with Crippen molar-refractivity contribution in [1.82, 2.24) is 4.31 Å². The first-order chi connectivity index (χ1) is 7.85. The van der Waals surface area contributed by atoms with Gasteiger partial charge in [-0.2, -0.15) is 22.5 Å². The van der Waals surface area contributed by atoms with Crippen LogP contribution in [0.3, 0.4) is 0 Å². The second-order valence-corrected chi connectivity index (χ2v) is 5.11. The summed E-state index contributed by atoms with van der Waals surface area (Å²) in [5.41, 5.74) is 0. The molecule has 0 radical (unpaired) electrons. The van der Waals surface area contributed by atoms with E-state index in [1.165, 1.54) is 13.8 Å². The molecule has 0 spiro atoms. The molecule has 9 heteroatoms. The molecule has 17 heavy (non-hydrogen) atoms. The quantitative estimate of drug-likeness (QED) is 0.728. The number of hydrogen-bond acceptors (Lipinski definition) is 4. The molecule has 0 saturated carbocycles. The van der Waals surface area contributed by atoms with Gasteiger partial charge >= 0.3 is 0 Å². The van der Waals surface area contributed by atoms with Crippen LogP contribution in [0.4, 0.5) is 13.2 Å². The van der Waals surface area contributed by atoms with Crippen LogP contribution in [0, 0.1) is 0 Å². The maximum absolute atomic E-state index is 13.6. The van der Waals surface area contributed by atoms with Crippen LogP contribution in [-0.2, 0) is 14.8 Å². The van der Waals surface area contributed by atoms with Gasteiger partial charge in [-0.05, 0) is 13.8 Å². The average Bonchev–Trinajstić information content (AvgIpc) is 2.23. The van der Waals surface area contributed by atoms with Gasteiger partial charge < -0.3 is 4.74 Å². The Bertz CT molecular complexity index is 461. The van der Waals surface area contributed by atoms with E-state index in [-0.39, 0.29) is 10.9 Å². The molecule has 0 amide bonds. The van der Waals surface area contributed by atoms with Crippen LogP contribution in [0.15, 0.2) is 16.7 Å². The minimum Gasteiger partial charge on any atom is -0.486 e. The smallest absolute Gasteiger partial charge is 0.284 e. The number of halogens is 3. The van der Waals surface area contributed by atoms with Crippen molar-refractivity contribution in [3.63, 3.8) is 0 Å². The Morgan fingerprint density at radius 3 is 2.47 bits per heavy atom. The Morgan fingerprint density at radius 1 is 1.41 bits per heavy atom. The zero-order chi connectivity index (χ0) is 13.2. The Hall–Kier alpha value is -1.25. The van der Waals surface area contributed by atoms with Crippen molar-refractivity contribution in [2.75, 3.05) is 12.4 Å². The Morgan fingerprint density at radius 2 is 2.00 bits per heavy atom. The van der Waals surface area contributed by atoms with Crippen molar-refractivity contribution in [3.05, 3.63) is 11.7 Å². The highest BCUT2D eigenvalue weighted by atomic mass is 32.2. The van der Waals surface area contributed by atoms with Crippen molar-refractivity contribution in [1.29, 1.82) is 0 Å². The summed E-state index contributed by atoms with van der Waals surface area (Å²) >= 11 is 0. The standard InChI is InChI=1S/C8H11F3N2O3S/c1-3-16-5-6(9)12-8(11)13(7(5)10)17(14,15)4-2/h8H,3-4H2,1-2H3. The molecule has 0 aromatic rings. The monoisotopic (exact) mass is 272 g/mol. The first kappa shape index (κ1) is 13.8. The lowest BCUT2D eigenvalue weighted by atomic mass is 10.5. The molecule has 0 N–H and O–H groups in total. The highest BCUT2D eigenvalue weighted by Crippen LogP contribution is 2.28. The number of rotatable bonds is 4. The zero-order valence-electron chi connectivity index (χ0n) is 9.15. The Balaban J connectivity index is 3.25. The van der Waals surface area contributed by atoms with Crippen LogP contribution in [0.1, 0.15) is 13.8 Å². The SMILES string of the molecule is CCOC1=C(F)N(S(=O)(=O)CC)C(F)N=C1F. The van der Waals surface area contributed by atoms with Gasteiger partial charge in [0.15, 0.2) is 0 Å². The molecule has 0 aliphatic carbocycles. The van der Waals surface area contributed by atoms with Crippen molar-refractivity contribution in [2.45, 2.75) is 20.3 Å². The van der Waals surface area contributed by atoms with Gasteiger partial charge in [0, 0.05) is 0 Å². The fraction of sp³-hybridized carbons (Fsp3) is 0.625. The van der Waals surface area contributed by atoms with E-state index < -0.39 is 39.9 Å². The van der Waals surface area contributed by atoms with E-state index in [9.17, 15) is 21.6 Å². The number of sulfonamides is 1. The fourth-order valence-corrected chi connectivity index (χ4v) is 2.06.